The first-order valence-corrected chi connectivity index (χ1v) is 7.87. The number of nitrogens with one attached hydrogen (secondary N) is 1. The van der Waals surface area contributed by atoms with E-state index in [9.17, 15) is 0 Å². The number of aromatic amines is 1. The van der Waals surface area contributed by atoms with Crippen LogP contribution in [0.3, 0.4) is 0 Å². The number of nitrogens with zero attached hydrogens (tertiary/aromatic N) is 5. The summed E-state index contributed by atoms with van der Waals surface area (Å²) in [5.74, 6) is 1.68. The van der Waals surface area contributed by atoms with Gasteiger partial charge in [-0.1, -0.05) is 19.4 Å². The molecular formula is C14H14N6S. The summed E-state index contributed by atoms with van der Waals surface area (Å²) in [4.78, 5) is 10.4. The lowest BCUT2D eigenvalue weighted by molar-refractivity contribution is 0.719. The zero-order valence-corrected chi connectivity index (χ0v) is 12.4. The molecule has 0 aliphatic carbocycles. The molecule has 0 saturated heterocycles. The number of hydrogen-bond acceptors (Lipinski definition) is 5. The zero-order chi connectivity index (χ0) is 14.2. The Balaban J connectivity index is 1.97. The molecule has 0 spiro atoms. The highest BCUT2D eigenvalue weighted by molar-refractivity contribution is 7.13. The number of fused-ring (bicyclic) bond motifs is 3. The molecule has 0 amide bonds. The third-order valence-electron chi connectivity index (χ3n) is 3.45. The summed E-state index contributed by atoms with van der Waals surface area (Å²) < 4.78 is 1.86. The summed E-state index contributed by atoms with van der Waals surface area (Å²) in [5, 5.41) is 14.6. The maximum absolute atomic E-state index is 4.69. The van der Waals surface area contributed by atoms with Gasteiger partial charge in [-0.15, -0.1) is 16.4 Å². The van der Waals surface area contributed by atoms with Crippen molar-refractivity contribution in [2.45, 2.75) is 26.2 Å². The Hall–Kier alpha value is -2.28. The lowest BCUT2D eigenvalue weighted by Crippen LogP contribution is -2.03. The molecule has 6 nitrogen and oxygen atoms in total. The topological polar surface area (TPSA) is 71.8 Å². The van der Waals surface area contributed by atoms with Gasteiger partial charge in [-0.2, -0.15) is 9.61 Å². The summed E-state index contributed by atoms with van der Waals surface area (Å²) in [6, 6.07) is 4.04. The first kappa shape index (κ1) is 12.5. The van der Waals surface area contributed by atoms with E-state index in [1.165, 1.54) is 0 Å². The fourth-order valence-corrected chi connectivity index (χ4v) is 3.03. The fraction of sp³-hybridized carbons (Fsp3) is 0.286. The van der Waals surface area contributed by atoms with Gasteiger partial charge < -0.3 is 0 Å². The van der Waals surface area contributed by atoms with Crippen LogP contribution < -0.4 is 0 Å². The second-order valence-corrected chi connectivity index (χ2v) is 5.86. The van der Waals surface area contributed by atoms with Crippen LogP contribution in [0.15, 0.2) is 23.7 Å². The molecule has 4 rings (SSSR count). The smallest absolute Gasteiger partial charge is 0.192 e. The van der Waals surface area contributed by atoms with E-state index in [-0.39, 0.29) is 0 Å². The Labute approximate surface area is 124 Å². The van der Waals surface area contributed by atoms with Crippen LogP contribution in [0, 0.1) is 0 Å². The van der Waals surface area contributed by atoms with E-state index < -0.39 is 0 Å². The molecule has 0 aromatic carbocycles. The number of aryl methyl sites for hydroxylation is 1. The summed E-state index contributed by atoms with van der Waals surface area (Å²) in [6.07, 6.45) is 4.84. The number of unbranched alkanes of at least 4 members (excludes halogenated alkanes) is 1. The van der Waals surface area contributed by atoms with Crippen LogP contribution in [0.1, 0.15) is 25.6 Å². The van der Waals surface area contributed by atoms with Crippen LogP contribution in [-0.2, 0) is 6.42 Å². The van der Waals surface area contributed by atoms with E-state index in [0.717, 1.165) is 52.5 Å². The molecule has 0 aliphatic rings. The van der Waals surface area contributed by atoms with Crippen LogP contribution >= 0.6 is 11.3 Å². The lowest BCUT2D eigenvalue weighted by atomic mass is 10.2. The third-order valence-corrected chi connectivity index (χ3v) is 4.31. The van der Waals surface area contributed by atoms with Gasteiger partial charge in [0.1, 0.15) is 5.82 Å². The van der Waals surface area contributed by atoms with Crippen molar-refractivity contribution in [3.05, 3.63) is 29.5 Å². The van der Waals surface area contributed by atoms with Crippen molar-refractivity contribution < 1.29 is 0 Å². The molecule has 7 heteroatoms. The van der Waals surface area contributed by atoms with Crippen molar-refractivity contribution in [2.75, 3.05) is 0 Å². The molecule has 1 N–H and O–H groups in total. The zero-order valence-electron chi connectivity index (χ0n) is 11.6. The molecule has 0 saturated carbocycles. The summed E-state index contributed by atoms with van der Waals surface area (Å²) in [5.41, 5.74) is 1.60. The van der Waals surface area contributed by atoms with Crippen molar-refractivity contribution in [3.8, 4) is 10.7 Å². The highest BCUT2D eigenvalue weighted by atomic mass is 32.1. The van der Waals surface area contributed by atoms with Gasteiger partial charge in [-0.3, -0.25) is 5.10 Å². The van der Waals surface area contributed by atoms with Gasteiger partial charge >= 0.3 is 0 Å². The van der Waals surface area contributed by atoms with Gasteiger partial charge in [0.05, 0.1) is 16.5 Å². The normalized spacial score (nSPS) is 11.7. The lowest BCUT2D eigenvalue weighted by Gasteiger charge is -2.02. The largest absolute Gasteiger partial charge is 0.261 e. The highest BCUT2D eigenvalue weighted by Gasteiger charge is 2.15. The van der Waals surface area contributed by atoms with Crippen LogP contribution in [0.5, 0.6) is 0 Å². The number of hydrogen-bond donors (Lipinski definition) is 1. The molecule has 0 atom stereocenters. The molecule has 0 radical (unpaired) electrons. The van der Waals surface area contributed by atoms with Crippen molar-refractivity contribution >= 4 is 28.0 Å². The molecule has 0 bridgehead atoms. The quantitative estimate of drug-likeness (QED) is 0.628. The molecule has 0 fully saturated rings. The van der Waals surface area contributed by atoms with E-state index in [4.69, 9.17) is 0 Å². The molecule has 4 aromatic heterocycles. The van der Waals surface area contributed by atoms with Gasteiger partial charge in [-0.25, -0.2) is 9.97 Å². The molecular weight excluding hydrogens is 284 g/mol. The van der Waals surface area contributed by atoms with Gasteiger partial charge in [0.15, 0.2) is 17.1 Å². The Bertz CT molecular complexity index is 889. The van der Waals surface area contributed by atoms with E-state index >= 15 is 0 Å². The molecule has 106 valence electrons. The molecule has 21 heavy (non-hydrogen) atoms. The summed E-state index contributed by atoms with van der Waals surface area (Å²) in [7, 11) is 0. The summed E-state index contributed by atoms with van der Waals surface area (Å²) in [6.45, 7) is 2.17. The van der Waals surface area contributed by atoms with E-state index in [0.29, 0.717) is 0 Å². The number of aromatic nitrogens is 6. The van der Waals surface area contributed by atoms with Gasteiger partial charge in [0.25, 0.3) is 0 Å². The van der Waals surface area contributed by atoms with Crippen molar-refractivity contribution in [1.29, 1.82) is 0 Å². The third kappa shape index (κ3) is 2.01. The second kappa shape index (κ2) is 4.92. The molecule has 4 aromatic rings. The number of H-pyrrole nitrogens is 1. The first-order chi connectivity index (χ1) is 10.4. The minimum absolute atomic E-state index is 0.748. The van der Waals surface area contributed by atoms with Crippen molar-refractivity contribution in [2.24, 2.45) is 0 Å². The minimum Gasteiger partial charge on any atom is -0.261 e. The SMILES string of the molecule is CCCCc1nc2[nH]ncc2c2nc(-c3cccs3)nn12. The summed E-state index contributed by atoms with van der Waals surface area (Å²) >= 11 is 1.64. The van der Waals surface area contributed by atoms with Gasteiger partial charge in [-0.05, 0) is 17.9 Å². The van der Waals surface area contributed by atoms with E-state index in [1.807, 2.05) is 22.0 Å². The van der Waals surface area contributed by atoms with Gasteiger partial charge in [0.2, 0.25) is 0 Å². The fourth-order valence-electron chi connectivity index (χ4n) is 2.38. The Morgan fingerprint density at radius 2 is 2.29 bits per heavy atom. The van der Waals surface area contributed by atoms with E-state index in [1.54, 1.807) is 17.5 Å². The average Bonchev–Trinajstić information content (AvgIpc) is 3.20. The maximum atomic E-state index is 4.69. The van der Waals surface area contributed by atoms with Crippen molar-refractivity contribution in [3.63, 3.8) is 0 Å². The van der Waals surface area contributed by atoms with Gasteiger partial charge in [0, 0.05) is 6.42 Å². The predicted octanol–water partition coefficient (Wildman–Crippen LogP) is 3.07. The predicted molar refractivity (Wildman–Crippen MR) is 82.4 cm³/mol. The van der Waals surface area contributed by atoms with Crippen LogP contribution in [0.25, 0.3) is 27.4 Å². The number of rotatable bonds is 4. The number of thiophene rings is 1. The standard InChI is InChI=1S/C14H14N6S/c1-2-3-6-11-16-12-9(8-15-18-12)14-17-13(19-20(11)14)10-5-4-7-21-10/h4-5,7-8H,2-3,6H2,1H3,(H,15,18). The highest BCUT2D eigenvalue weighted by Crippen LogP contribution is 2.24. The van der Waals surface area contributed by atoms with E-state index in [2.05, 4.69) is 32.2 Å². The van der Waals surface area contributed by atoms with Crippen LogP contribution in [-0.4, -0.2) is 29.8 Å². The second-order valence-electron chi connectivity index (χ2n) is 4.91. The monoisotopic (exact) mass is 298 g/mol. The Morgan fingerprint density at radius 1 is 1.33 bits per heavy atom. The minimum atomic E-state index is 0.748. The van der Waals surface area contributed by atoms with Crippen LogP contribution in [0.2, 0.25) is 0 Å². The molecule has 0 unspecified atom stereocenters. The van der Waals surface area contributed by atoms with Crippen LogP contribution in [0.4, 0.5) is 0 Å². The maximum Gasteiger partial charge on any atom is 0.192 e. The van der Waals surface area contributed by atoms with Crippen molar-refractivity contribution in [1.82, 2.24) is 29.8 Å². The average molecular weight is 298 g/mol. The Morgan fingerprint density at radius 3 is 3.10 bits per heavy atom. The molecule has 4 heterocycles. The first-order valence-electron chi connectivity index (χ1n) is 6.99. The Kier molecular flexibility index (Phi) is 2.92. The molecule has 0 aliphatic heterocycles.